The summed E-state index contributed by atoms with van der Waals surface area (Å²) in [4.78, 5) is 11.7. The zero-order chi connectivity index (χ0) is 20.2. The molecule has 5 nitrogen and oxygen atoms in total. The van der Waals surface area contributed by atoms with E-state index < -0.39 is 20.2 Å². The maximum absolute atomic E-state index is 11.7. The summed E-state index contributed by atoms with van der Waals surface area (Å²) in [7, 11) is -0.264. The van der Waals surface area contributed by atoms with Crippen LogP contribution in [-0.4, -0.2) is 39.2 Å². The van der Waals surface area contributed by atoms with Gasteiger partial charge in [-0.2, -0.15) is 0 Å². The van der Waals surface area contributed by atoms with Crippen LogP contribution in [0.3, 0.4) is 0 Å². The van der Waals surface area contributed by atoms with Crippen LogP contribution >= 0.6 is 0 Å². The fourth-order valence-electron chi connectivity index (χ4n) is 3.30. The number of benzene rings is 1. The number of aliphatic carboxylic acids is 1. The summed E-state index contributed by atoms with van der Waals surface area (Å²) in [6.45, 7) is 12.0. The van der Waals surface area contributed by atoms with Crippen LogP contribution in [-0.2, 0) is 20.6 Å². The second kappa shape index (κ2) is 8.75. The zero-order valence-electron chi connectivity index (χ0n) is 17.5. The van der Waals surface area contributed by atoms with Crippen molar-refractivity contribution < 1.29 is 23.8 Å². The highest BCUT2D eigenvalue weighted by Gasteiger charge is 2.45. The third kappa shape index (κ3) is 5.80. The van der Waals surface area contributed by atoms with Crippen molar-refractivity contribution in [3.63, 3.8) is 0 Å². The van der Waals surface area contributed by atoms with Crippen molar-refractivity contribution in [2.45, 2.75) is 64.5 Å². The molecule has 152 valence electrons. The maximum Gasteiger partial charge on any atom is 0.306 e. The molecule has 0 unspecified atom stereocenters. The largest absolute Gasteiger partial charge is 0.497 e. The molecular formula is C21H34O5Si. The molecule has 27 heavy (non-hydrogen) atoms. The molecule has 0 saturated heterocycles. The maximum atomic E-state index is 11.7. The number of ether oxygens (including phenoxy) is 2. The van der Waals surface area contributed by atoms with Gasteiger partial charge < -0.3 is 19.0 Å². The van der Waals surface area contributed by atoms with Crippen molar-refractivity contribution in [2.24, 2.45) is 11.8 Å². The van der Waals surface area contributed by atoms with Crippen molar-refractivity contribution in [3.05, 3.63) is 29.8 Å². The van der Waals surface area contributed by atoms with E-state index in [1.165, 1.54) is 0 Å². The number of rotatable bonds is 8. The summed E-state index contributed by atoms with van der Waals surface area (Å²) < 4.78 is 17.5. The fourth-order valence-corrected chi connectivity index (χ4v) is 4.68. The fraction of sp³-hybridized carbons (Fsp3) is 0.667. The van der Waals surface area contributed by atoms with Gasteiger partial charge in [-0.3, -0.25) is 4.79 Å². The van der Waals surface area contributed by atoms with E-state index in [-0.39, 0.29) is 17.1 Å². The Morgan fingerprint density at radius 1 is 1.19 bits per heavy atom. The summed E-state index contributed by atoms with van der Waals surface area (Å²) in [5.41, 5.74) is 1.05. The number of hydrogen-bond acceptors (Lipinski definition) is 4. The molecule has 1 saturated carbocycles. The van der Waals surface area contributed by atoms with Gasteiger partial charge in [0.15, 0.2) is 8.32 Å². The third-order valence-corrected chi connectivity index (χ3v) is 10.5. The van der Waals surface area contributed by atoms with Gasteiger partial charge >= 0.3 is 5.97 Å². The third-order valence-electron chi connectivity index (χ3n) is 6.00. The van der Waals surface area contributed by atoms with Crippen molar-refractivity contribution in [3.8, 4) is 5.75 Å². The normalized spacial score (nSPS) is 23.4. The smallest absolute Gasteiger partial charge is 0.306 e. The molecule has 1 aliphatic rings. The molecule has 0 spiro atoms. The summed E-state index contributed by atoms with van der Waals surface area (Å²) in [5, 5.41) is 9.74. The molecule has 0 aromatic heterocycles. The molecule has 1 aliphatic carbocycles. The number of carboxylic acid groups (broad SMARTS) is 1. The van der Waals surface area contributed by atoms with Gasteiger partial charge in [0.1, 0.15) is 5.75 Å². The molecule has 1 fully saturated rings. The summed E-state index contributed by atoms with van der Waals surface area (Å²) in [5.74, 6) is -0.327. The van der Waals surface area contributed by atoms with Crippen molar-refractivity contribution in [2.75, 3.05) is 13.7 Å². The first-order chi connectivity index (χ1) is 12.5. The Morgan fingerprint density at radius 2 is 1.81 bits per heavy atom. The Bertz CT molecular complexity index is 620. The molecule has 0 amide bonds. The van der Waals surface area contributed by atoms with Crippen LogP contribution in [0.15, 0.2) is 24.3 Å². The minimum Gasteiger partial charge on any atom is -0.497 e. The Kier molecular flexibility index (Phi) is 7.11. The number of methoxy groups -OCH3 is 1. The van der Waals surface area contributed by atoms with Crippen LogP contribution in [0.5, 0.6) is 5.75 Å². The quantitative estimate of drug-likeness (QED) is 0.647. The van der Waals surface area contributed by atoms with E-state index in [1.807, 2.05) is 24.3 Å². The molecule has 0 bridgehead atoms. The van der Waals surface area contributed by atoms with Gasteiger partial charge in [-0.05, 0) is 54.6 Å². The lowest BCUT2D eigenvalue weighted by Gasteiger charge is -2.38. The predicted octanol–water partition coefficient (Wildman–Crippen LogP) is 4.71. The van der Waals surface area contributed by atoms with Crippen LogP contribution in [0.4, 0.5) is 0 Å². The molecule has 2 rings (SSSR count). The van der Waals surface area contributed by atoms with Gasteiger partial charge in [0.2, 0.25) is 0 Å². The molecule has 0 heterocycles. The van der Waals surface area contributed by atoms with E-state index >= 15 is 0 Å². The summed E-state index contributed by atoms with van der Waals surface area (Å²) in [6.07, 6.45) is 1.35. The van der Waals surface area contributed by atoms with E-state index in [1.54, 1.807) is 7.11 Å². The number of hydrogen-bond donors (Lipinski definition) is 1. The average molecular weight is 395 g/mol. The van der Waals surface area contributed by atoms with E-state index in [2.05, 4.69) is 33.9 Å². The highest BCUT2D eigenvalue weighted by Crippen LogP contribution is 2.42. The minimum absolute atomic E-state index is 0.00415. The predicted molar refractivity (Wildman–Crippen MR) is 109 cm³/mol. The van der Waals surface area contributed by atoms with Crippen LogP contribution in [0.25, 0.3) is 0 Å². The minimum atomic E-state index is -1.90. The summed E-state index contributed by atoms with van der Waals surface area (Å²) >= 11 is 0. The molecule has 6 heteroatoms. The first-order valence-electron chi connectivity index (χ1n) is 9.65. The van der Waals surface area contributed by atoms with Gasteiger partial charge in [-0.25, -0.2) is 0 Å². The van der Waals surface area contributed by atoms with Gasteiger partial charge in [-0.15, -0.1) is 0 Å². The Balaban J connectivity index is 1.91. The van der Waals surface area contributed by atoms with Gasteiger partial charge in [0, 0.05) is 6.10 Å². The second-order valence-corrected chi connectivity index (χ2v) is 13.8. The monoisotopic (exact) mass is 394 g/mol. The van der Waals surface area contributed by atoms with Gasteiger partial charge in [-0.1, -0.05) is 32.9 Å². The zero-order valence-corrected chi connectivity index (χ0v) is 18.5. The highest BCUT2D eigenvalue weighted by atomic mass is 28.4. The lowest BCUT2D eigenvalue weighted by molar-refractivity contribution is -0.143. The topological polar surface area (TPSA) is 65.0 Å². The van der Waals surface area contributed by atoms with E-state index in [9.17, 15) is 9.90 Å². The van der Waals surface area contributed by atoms with Crippen molar-refractivity contribution in [1.29, 1.82) is 0 Å². The first kappa shape index (κ1) is 21.9. The van der Waals surface area contributed by atoms with Crippen LogP contribution < -0.4 is 4.74 Å². The molecule has 0 radical (unpaired) electrons. The number of carboxylic acids is 1. The molecule has 1 aromatic carbocycles. The molecule has 1 N–H and O–H groups in total. The van der Waals surface area contributed by atoms with E-state index in [4.69, 9.17) is 13.9 Å². The lowest BCUT2D eigenvalue weighted by atomic mass is 9.97. The SMILES string of the molecule is COc1ccc(COC[C@@H]2C[C@@H](O[Si](C)(C)C(C)(C)C)C[C@H]2C(=O)O)cc1. The first-order valence-corrected chi connectivity index (χ1v) is 12.6. The Hall–Kier alpha value is -1.37. The van der Waals surface area contributed by atoms with E-state index in [0.29, 0.717) is 19.6 Å². The summed E-state index contributed by atoms with van der Waals surface area (Å²) in [6, 6.07) is 7.73. The number of carbonyl (C=O) groups is 1. The van der Waals surface area contributed by atoms with Crippen LogP contribution in [0, 0.1) is 11.8 Å². The van der Waals surface area contributed by atoms with Crippen molar-refractivity contribution in [1.82, 2.24) is 0 Å². The molecular weight excluding hydrogens is 360 g/mol. The Morgan fingerprint density at radius 3 is 2.33 bits per heavy atom. The van der Waals surface area contributed by atoms with Crippen molar-refractivity contribution >= 4 is 14.3 Å². The second-order valence-electron chi connectivity index (χ2n) is 9.04. The lowest BCUT2D eigenvalue weighted by Crippen LogP contribution is -2.43. The van der Waals surface area contributed by atoms with Crippen LogP contribution in [0.1, 0.15) is 39.2 Å². The standard InChI is InChI=1S/C21H34O5Si/c1-21(2,3)27(5,6)26-18-11-16(19(12-18)20(22)23)14-25-13-15-7-9-17(24-4)10-8-15/h7-10,16,18-19H,11-14H2,1-6H3,(H,22,23)/t16-,18+,19+/m0/s1. The average Bonchev–Trinajstić information content (AvgIpc) is 2.96. The molecule has 3 atom stereocenters. The highest BCUT2D eigenvalue weighted by molar-refractivity contribution is 6.74. The molecule has 0 aliphatic heterocycles. The van der Waals surface area contributed by atoms with Gasteiger partial charge in [0.25, 0.3) is 0 Å². The van der Waals surface area contributed by atoms with E-state index in [0.717, 1.165) is 17.7 Å². The molecule has 1 aromatic rings. The van der Waals surface area contributed by atoms with Crippen LogP contribution in [0.2, 0.25) is 18.1 Å². The Labute approximate surface area is 164 Å². The van der Waals surface area contributed by atoms with Gasteiger partial charge in [0.05, 0.1) is 26.2 Å².